The van der Waals surface area contributed by atoms with E-state index in [1.165, 1.54) is 0 Å². The monoisotopic (exact) mass is 185 g/mol. The number of rotatable bonds is 0. The number of hydrogen-bond donors (Lipinski definition) is 1. The molecule has 0 unspecified atom stereocenters. The molecule has 0 saturated heterocycles. The number of aromatic amines is 1. The van der Waals surface area contributed by atoms with Gasteiger partial charge in [-0.15, -0.1) is 0 Å². The largest absolute Gasteiger partial charge is 0.431 e. The first-order valence-electron chi connectivity index (χ1n) is 3.72. The Hall–Kier alpha value is -1.45. The SMILES string of the molecule is FC(F)(F)c1cc2ccccc2[nH]1. The number of para-hydroxylation sites is 1. The highest BCUT2D eigenvalue weighted by Gasteiger charge is 2.32. The van der Waals surface area contributed by atoms with E-state index in [0.717, 1.165) is 6.07 Å². The lowest BCUT2D eigenvalue weighted by Crippen LogP contribution is -2.04. The van der Waals surface area contributed by atoms with E-state index in [2.05, 4.69) is 4.98 Å². The summed E-state index contributed by atoms with van der Waals surface area (Å²) in [5, 5.41) is 0.579. The molecule has 0 bridgehead atoms. The summed E-state index contributed by atoms with van der Waals surface area (Å²) in [6, 6.07) is 7.76. The normalized spacial score (nSPS) is 12.2. The van der Waals surface area contributed by atoms with Gasteiger partial charge in [-0.3, -0.25) is 0 Å². The van der Waals surface area contributed by atoms with Crippen molar-refractivity contribution in [2.45, 2.75) is 6.18 Å². The fraction of sp³-hybridized carbons (Fsp3) is 0.111. The van der Waals surface area contributed by atoms with Gasteiger partial charge < -0.3 is 4.98 Å². The van der Waals surface area contributed by atoms with Crippen LogP contribution in [0.3, 0.4) is 0 Å². The molecule has 4 heteroatoms. The van der Waals surface area contributed by atoms with E-state index in [1.807, 2.05) is 0 Å². The molecule has 1 nitrogen and oxygen atoms in total. The molecule has 0 atom stereocenters. The van der Waals surface area contributed by atoms with E-state index in [9.17, 15) is 13.2 Å². The minimum absolute atomic E-state index is 0.509. The van der Waals surface area contributed by atoms with Gasteiger partial charge in [0.25, 0.3) is 0 Å². The minimum Gasteiger partial charge on any atom is -0.351 e. The number of halogens is 3. The average Bonchev–Trinajstić information content (AvgIpc) is 2.45. The van der Waals surface area contributed by atoms with Crippen LogP contribution in [0.2, 0.25) is 0 Å². The maximum atomic E-state index is 12.2. The van der Waals surface area contributed by atoms with Crippen molar-refractivity contribution in [3.05, 3.63) is 36.0 Å². The standard InChI is InChI=1S/C9H6F3N/c10-9(11,12)8-5-6-3-1-2-4-7(6)13-8/h1-5,13H. The Labute approximate surface area is 72.2 Å². The lowest BCUT2D eigenvalue weighted by molar-refractivity contribution is -0.140. The van der Waals surface area contributed by atoms with Gasteiger partial charge in [-0.2, -0.15) is 13.2 Å². The molecular weight excluding hydrogens is 179 g/mol. The zero-order valence-corrected chi connectivity index (χ0v) is 6.52. The van der Waals surface area contributed by atoms with Crippen LogP contribution >= 0.6 is 0 Å². The molecule has 0 aliphatic heterocycles. The van der Waals surface area contributed by atoms with Crippen molar-refractivity contribution in [2.75, 3.05) is 0 Å². The zero-order valence-electron chi connectivity index (χ0n) is 6.52. The third kappa shape index (κ3) is 1.39. The minimum atomic E-state index is -4.29. The summed E-state index contributed by atoms with van der Waals surface area (Å²) < 4.78 is 36.6. The smallest absolute Gasteiger partial charge is 0.351 e. The molecule has 2 aromatic rings. The van der Waals surface area contributed by atoms with Gasteiger partial charge in [-0.1, -0.05) is 18.2 Å². The number of H-pyrrole nitrogens is 1. The molecule has 2 rings (SSSR count). The molecule has 0 fully saturated rings. The third-order valence-electron chi connectivity index (χ3n) is 1.84. The molecule has 1 heterocycles. The fourth-order valence-corrected chi connectivity index (χ4v) is 1.23. The first-order chi connectivity index (χ1) is 6.07. The molecular formula is C9H6F3N. The second-order valence-corrected chi connectivity index (χ2v) is 2.77. The van der Waals surface area contributed by atoms with E-state index in [4.69, 9.17) is 0 Å². The summed E-state index contributed by atoms with van der Waals surface area (Å²) in [4.78, 5) is 2.31. The molecule has 0 amide bonds. The lowest BCUT2D eigenvalue weighted by atomic mass is 10.2. The van der Waals surface area contributed by atoms with Gasteiger partial charge in [0.2, 0.25) is 0 Å². The maximum Gasteiger partial charge on any atom is 0.431 e. The Morgan fingerprint density at radius 1 is 1.08 bits per heavy atom. The summed E-state index contributed by atoms with van der Waals surface area (Å²) in [6.45, 7) is 0. The van der Waals surface area contributed by atoms with Crippen molar-refractivity contribution >= 4 is 10.9 Å². The summed E-state index contributed by atoms with van der Waals surface area (Å²) in [5.41, 5.74) is -0.191. The Balaban J connectivity index is 2.63. The van der Waals surface area contributed by atoms with Gasteiger partial charge in [-0.25, -0.2) is 0 Å². The van der Waals surface area contributed by atoms with Crippen LogP contribution in [0.25, 0.3) is 10.9 Å². The van der Waals surface area contributed by atoms with Gasteiger partial charge in [0, 0.05) is 5.52 Å². The van der Waals surface area contributed by atoms with Crippen LogP contribution in [0.15, 0.2) is 30.3 Å². The Morgan fingerprint density at radius 3 is 2.38 bits per heavy atom. The van der Waals surface area contributed by atoms with Crippen molar-refractivity contribution in [3.8, 4) is 0 Å². The first kappa shape index (κ1) is 8.16. The van der Waals surface area contributed by atoms with Crippen LogP contribution in [-0.2, 0) is 6.18 Å². The molecule has 13 heavy (non-hydrogen) atoms. The van der Waals surface area contributed by atoms with Crippen LogP contribution in [-0.4, -0.2) is 4.98 Å². The number of alkyl halides is 3. The maximum absolute atomic E-state index is 12.2. The number of hydrogen-bond acceptors (Lipinski definition) is 0. The molecule has 1 aromatic heterocycles. The van der Waals surface area contributed by atoms with Crippen molar-refractivity contribution in [1.29, 1.82) is 0 Å². The molecule has 1 N–H and O–H groups in total. The Morgan fingerprint density at radius 2 is 1.77 bits per heavy atom. The molecule has 1 aromatic carbocycles. The second kappa shape index (κ2) is 2.52. The van der Waals surface area contributed by atoms with Crippen LogP contribution < -0.4 is 0 Å². The topological polar surface area (TPSA) is 15.8 Å². The molecule has 0 saturated carbocycles. The fourth-order valence-electron chi connectivity index (χ4n) is 1.23. The van der Waals surface area contributed by atoms with Gasteiger partial charge in [0.1, 0.15) is 5.69 Å². The number of nitrogens with one attached hydrogen (secondary N) is 1. The van der Waals surface area contributed by atoms with Gasteiger partial charge in [-0.05, 0) is 17.5 Å². The number of benzene rings is 1. The average molecular weight is 185 g/mol. The number of fused-ring (bicyclic) bond motifs is 1. The molecule has 0 radical (unpaired) electrons. The molecule has 0 aliphatic rings. The van der Waals surface area contributed by atoms with Gasteiger partial charge in [0.05, 0.1) is 0 Å². The van der Waals surface area contributed by atoms with E-state index in [1.54, 1.807) is 24.3 Å². The zero-order chi connectivity index (χ0) is 9.47. The van der Waals surface area contributed by atoms with Crippen LogP contribution in [0, 0.1) is 0 Å². The Bertz CT molecular complexity index is 395. The predicted molar refractivity (Wildman–Crippen MR) is 43.3 cm³/mol. The van der Waals surface area contributed by atoms with E-state index in [-0.39, 0.29) is 0 Å². The quantitative estimate of drug-likeness (QED) is 0.648. The third-order valence-corrected chi connectivity index (χ3v) is 1.84. The summed E-state index contributed by atoms with van der Waals surface area (Å²) in [6.07, 6.45) is -4.29. The van der Waals surface area contributed by atoms with Crippen LogP contribution in [0.1, 0.15) is 5.69 Å². The highest BCUT2D eigenvalue weighted by molar-refractivity contribution is 5.80. The number of aromatic nitrogens is 1. The lowest BCUT2D eigenvalue weighted by Gasteiger charge is -2.00. The van der Waals surface area contributed by atoms with Gasteiger partial charge in [0.15, 0.2) is 0 Å². The van der Waals surface area contributed by atoms with Crippen molar-refractivity contribution in [1.82, 2.24) is 4.98 Å². The summed E-state index contributed by atoms with van der Waals surface area (Å²) in [5.74, 6) is 0. The summed E-state index contributed by atoms with van der Waals surface area (Å²) >= 11 is 0. The van der Waals surface area contributed by atoms with E-state index in [0.29, 0.717) is 10.9 Å². The van der Waals surface area contributed by atoms with Crippen molar-refractivity contribution in [3.63, 3.8) is 0 Å². The second-order valence-electron chi connectivity index (χ2n) is 2.77. The highest BCUT2D eigenvalue weighted by Crippen LogP contribution is 2.30. The van der Waals surface area contributed by atoms with E-state index >= 15 is 0 Å². The van der Waals surface area contributed by atoms with Crippen LogP contribution in [0.5, 0.6) is 0 Å². The first-order valence-corrected chi connectivity index (χ1v) is 3.72. The molecule has 68 valence electrons. The highest BCUT2D eigenvalue weighted by atomic mass is 19.4. The predicted octanol–water partition coefficient (Wildman–Crippen LogP) is 3.19. The molecule has 0 spiro atoms. The van der Waals surface area contributed by atoms with Gasteiger partial charge >= 0.3 is 6.18 Å². The molecule has 0 aliphatic carbocycles. The van der Waals surface area contributed by atoms with Crippen molar-refractivity contribution in [2.24, 2.45) is 0 Å². The van der Waals surface area contributed by atoms with Crippen molar-refractivity contribution < 1.29 is 13.2 Å². The Kier molecular flexibility index (Phi) is 1.58. The summed E-state index contributed by atoms with van der Waals surface area (Å²) in [7, 11) is 0. The van der Waals surface area contributed by atoms with Crippen LogP contribution in [0.4, 0.5) is 13.2 Å². The van der Waals surface area contributed by atoms with E-state index < -0.39 is 11.9 Å².